The maximum absolute atomic E-state index is 12.7. The van der Waals surface area contributed by atoms with Gasteiger partial charge in [-0.15, -0.1) is 11.3 Å². The molecule has 0 radical (unpaired) electrons. The summed E-state index contributed by atoms with van der Waals surface area (Å²) in [6.07, 6.45) is -0.370. The Morgan fingerprint density at radius 1 is 1.33 bits per heavy atom. The summed E-state index contributed by atoms with van der Waals surface area (Å²) < 4.78 is 37.0. The van der Waals surface area contributed by atoms with E-state index in [-0.39, 0.29) is 18.1 Å². The summed E-state index contributed by atoms with van der Waals surface area (Å²) in [4.78, 5) is 4.21. The van der Waals surface area contributed by atoms with Crippen molar-refractivity contribution in [2.75, 3.05) is 32.9 Å². The molecule has 4 nitrogen and oxygen atoms in total. The van der Waals surface area contributed by atoms with Gasteiger partial charge in [0.05, 0.1) is 32.0 Å². The first-order valence-electron chi connectivity index (χ1n) is 8.61. The minimum atomic E-state index is -2.30. The highest BCUT2D eigenvalue weighted by Crippen LogP contribution is 2.46. The van der Waals surface area contributed by atoms with Gasteiger partial charge >= 0.3 is 0 Å². The highest BCUT2D eigenvalue weighted by molar-refractivity contribution is 7.12. The van der Waals surface area contributed by atoms with E-state index in [1.165, 1.54) is 16.9 Å². The third-order valence-corrected chi connectivity index (χ3v) is 6.86. The predicted molar refractivity (Wildman–Crippen MR) is 86.8 cm³/mol. The van der Waals surface area contributed by atoms with Gasteiger partial charge in [-0.1, -0.05) is 0 Å². The summed E-state index contributed by atoms with van der Waals surface area (Å²) in [6.45, 7) is 3.33. The number of nitrogens with zero attached hydrogens (tertiary/aromatic N) is 1. The van der Waals surface area contributed by atoms with Crippen molar-refractivity contribution in [2.45, 2.75) is 49.9 Å². The van der Waals surface area contributed by atoms with Crippen molar-refractivity contribution in [3.63, 3.8) is 0 Å². The number of piperidine rings is 1. The number of aliphatic hydroxyl groups is 1. The van der Waals surface area contributed by atoms with Gasteiger partial charge in [-0.2, -0.15) is 0 Å². The van der Waals surface area contributed by atoms with Crippen LogP contribution in [0.1, 0.15) is 28.2 Å². The van der Waals surface area contributed by atoms with Crippen LogP contribution in [-0.4, -0.2) is 61.5 Å². The number of thiophene rings is 1. The second kappa shape index (κ2) is 6.61. The lowest BCUT2D eigenvalue weighted by Gasteiger charge is -2.45. The van der Waals surface area contributed by atoms with E-state index >= 15 is 0 Å². The molecule has 134 valence electrons. The average molecular weight is 359 g/mol. The van der Waals surface area contributed by atoms with Gasteiger partial charge in [0.15, 0.2) is 0 Å². The van der Waals surface area contributed by atoms with Crippen LogP contribution in [0.15, 0.2) is 6.07 Å². The molecular formula is C17H23F2NO3S. The summed E-state index contributed by atoms with van der Waals surface area (Å²) >= 11 is 1.51. The summed E-state index contributed by atoms with van der Waals surface area (Å²) in [5.74, 6) is 0. The van der Waals surface area contributed by atoms with Gasteiger partial charge in [-0.05, 0) is 30.9 Å². The van der Waals surface area contributed by atoms with Gasteiger partial charge in [-0.25, -0.2) is 8.78 Å². The Balaban J connectivity index is 1.50. The molecule has 2 fully saturated rings. The topological polar surface area (TPSA) is 41.9 Å². The first kappa shape index (κ1) is 16.8. The van der Waals surface area contributed by atoms with Gasteiger partial charge < -0.3 is 14.6 Å². The number of fused-ring (bicyclic) bond motifs is 2. The lowest BCUT2D eigenvalue weighted by atomic mass is 9.84. The zero-order chi connectivity index (χ0) is 16.7. The van der Waals surface area contributed by atoms with E-state index in [1.807, 2.05) is 6.07 Å². The Hall–Kier alpha value is -0.600. The van der Waals surface area contributed by atoms with Crippen LogP contribution in [0.3, 0.4) is 0 Å². The molecule has 4 heterocycles. The van der Waals surface area contributed by atoms with E-state index in [1.54, 1.807) is 0 Å². The second-order valence-corrected chi connectivity index (χ2v) is 8.10. The fraction of sp³-hybridized carbons (Fsp3) is 0.765. The smallest absolute Gasteiger partial charge is 0.243 e. The Morgan fingerprint density at radius 3 is 2.79 bits per heavy atom. The molecule has 0 aliphatic carbocycles. The molecule has 0 saturated carbocycles. The maximum Gasteiger partial charge on any atom is 0.243 e. The van der Waals surface area contributed by atoms with Gasteiger partial charge in [0.25, 0.3) is 0 Å². The molecule has 7 heteroatoms. The average Bonchev–Trinajstić information content (AvgIpc) is 3.14. The molecule has 2 atom stereocenters. The summed E-state index contributed by atoms with van der Waals surface area (Å²) in [5, 5.41) is 10.0. The Bertz CT molecular complexity index is 586. The number of ether oxygens (including phenoxy) is 2. The van der Waals surface area contributed by atoms with Gasteiger partial charge in [-0.3, -0.25) is 4.90 Å². The van der Waals surface area contributed by atoms with Crippen molar-refractivity contribution in [2.24, 2.45) is 0 Å². The molecule has 0 amide bonds. The minimum absolute atomic E-state index is 0.0724. The third-order valence-electron chi connectivity index (χ3n) is 5.48. The molecule has 0 aromatic carbocycles. The van der Waals surface area contributed by atoms with Crippen LogP contribution >= 0.6 is 11.3 Å². The van der Waals surface area contributed by atoms with Crippen LogP contribution in [-0.2, 0) is 27.9 Å². The van der Waals surface area contributed by atoms with Gasteiger partial charge in [0, 0.05) is 29.3 Å². The van der Waals surface area contributed by atoms with Crippen LogP contribution < -0.4 is 0 Å². The van der Waals surface area contributed by atoms with Crippen molar-refractivity contribution in [1.29, 1.82) is 0 Å². The van der Waals surface area contributed by atoms with E-state index in [0.717, 1.165) is 42.1 Å². The van der Waals surface area contributed by atoms with E-state index in [4.69, 9.17) is 9.47 Å². The first-order valence-corrected chi connectivity index (χ1v) is 9.43. The highest BCUT2D eigenvalue weighted by Gasteiger charge is 2.44. The summed E-state index contributed by atoms with van der Waals surface area (Å²) in [5.41, 5.74) is 0.874. The molecule has 1 N–H and O–H groups in total. The Labute approximate surface area is 144 Å². The van der Waals surface area contributed by atoms with E-state index in [0.29, 0.717) is 19.8 Å². The lowest BCUT2D eigenvalue weighted by molar-refractivity contribution is -0.104. The largest absolute Gasteiger partial charge is 0.389 e. The molecule has 4 rings (SSSR count). The standard InChI is InChI=1S/C17H23F2NO3S/c18-15(19)8-12-7-11-1-6-23-17(16(11)24-12)2-4-20(5-3-17)13-9-22-10-14(13)21/h7,13-15,21H,1-6,8-10H2. The van der Waals surface area contributed by atoms with Crippen LogP contribution in [0.25, 0.3) is 0 Å². The summed E-state index contributed by atoms with van der Waals surface area (Å²) in [7, 11) is 0. The quantitative estimate of drug-likeness (QED) is 0.898. The fourth-order valence-electron chi connectivity index (χ4n) is 4.20. The number of halogens is 2. The van der Waals surface area contributed by atoms with Crippen LogP contribution in [0.5, 0.6) is 0 Å². The number of alkyl halides is 2. The van der Waals surface area contributed by atoms with Crippen molar-refractivity contribution in [3.8, 4) is 0 Å². The fourth-order valence-corrected chi connectivity index (χ4v) is 5.61. The molecule has 1 aromatic rings. The highest BCUT2D eigenvalue weighted by atomic mass is 32.1. The zero-order valence-electron chi connectivity index (χ0n) is 13.5. The molecular weight excluding hydrogens is 336 g/mol. The molecule has 24 heavy (non-hydrogen) atoms. The van der Waals surface area contributed by atoms with E-state index in [9.17, 15) is 13.9 Å². The molecule has 1 aromatic heterocycles. The van der Waals surface area contributed by atoms with Gasteiger partial charge in [0.2, 0.25) is 6.43 Å². The Kier molecular flexibility index (Phi) is 4.64. The molecule has 3 aliphatic rings. The number of hydrogen-bond acceptors (Lipinski definition) is 5. The van der Waals surface area contributed by atoms with Crippen LogP contribution in [0.4, 0.5) is 8.78 Å². The zero-order valence-corrected chi connectivity index (χ0v) is 14.4. The van der Waals surface area contributed by atoms with Crippen molar-refractivity contribution < 1.29 is 23.4 Å². The monoisotopic (exact) mass is 359 g/mol. The minimum Gasteiger partial charge on any atom is -0.389 e. The molecule has 0 bridgehead atoms. The van der Waals surface area contributed by atoms with E-state index < -0.39 is 12.5 Å². The number of hydrogen-bond donors (Lipinski definition) is 1. The maximum atomic E-state index is 12.7. The molecule has 1 spiro atoms. The van der Waals surface area contributed by atoms with Crippen LogP contribution in [0.2, 0.25) is 0 Å². The molecule has 3 aliphatic heterocycles. The predicted octanol–water partition coefficient (Wildman–Crippen LogP) is 2.18. The molecule has 2 saturated heterocycles. The van der Waals surface area contributed by atoms with Gasteiger partial charge in [0.1, 0.15) is 5.60 Å². The number of aliphatic hydroxyl groups excluding tert-OH is 1. The first-order chi connectivity index (χ1) is 11.6. The van der Waals surface area contributed by atoms with Crippen molar-refractivity contribution in [3.05, 3.63) is 21.4 Å². The van der Waals surface area contributed by atoms with Crippen molar-refractivity contribution >= 4 is 11.3 Å². The third kappa shape index (κ3) is 3.01. The SMILES string of the molecule is OC1COCC1N1CCC2(CC1)OCCc1cc(CC(F)F)sc12. The normalized spacial score (nSPS) is 30.2. The lowest BCUT2D eigenvalue weighted by Crippen LogP contribution is -2.52. The summed E-state index contributed by atoms with van der Waals surface area (Å²) in [6, 6.07) is 2.03. The van der Waals surface area contributed by atoms with Crippen molar-refractivity contribution in [1.82, 2.24) is 4.90 Å². The number of rotatable bonds is 3. The molecule has 2 unspecified atom stereocenters. The van der Waals surface area contributed by atoms with Crippen LogP contribution in [0, 0.1) is 0 Å². The second-order valence-electron chi connectivity index (χ2n) is 6.96. The number of likely N-dealkylation sites (tertiary alicyclic amines) is 1. The Morgan fingerprint density at radius 2 is 2.12 bits per heavy atom. The van der Waals surface area contributed by atoms with E-state index in [2.05, 4.69) is 4.90 Å².